The minimum Gasteiger partial charge on any atom is -0.341 e. The number of hydrogen-bond donors (Lipinski definition) is 0. The molecule has 1 heterocycles. The van der Waals surface area contributed by atoms with Crippen LogP contribution < -0.4 is 0 Å². The number of allylic oxidation sites excluding steroid dienone is 2. The van der Waals surface area contributed by atoms with Crippen LogP contribution in [0.1, 0.15) is 6.42 Å². The van der Waals surface area contributed by atoms with Crippen molar-refractivity contribution in [2.75, 3.05) is 6.00 Å². The molecule has 2 heteroatoms. The zero-order valence-electron chi connectivity index (χ0n) is 4.55. The molecule has 44 valence electrons. The fourth-order valence-electron chi connectivity index (χ4n) is 0.600. The van der Waals surface area contributed by atoms with Gasteiger partial charge in [0.2, 0.25) is 0 Å². The van der Waals surface area contributed by atoms with E-state index >= 15 is 0 Å². The van der Waals surface area contributed by atoms with E-state index in [1.54, 1.807) is 0 Å². The summed E-state index contributed by atoms with van der Waals surface area (Å²) in [6, 6.07) is 0.549. The van der Waals surface area contributed by atoms with Crippen molar-refractivity contribution in [3.8, 4) is 0 Å². The molecular weight excluding hydrogens is 122 g/mol. The topological polar surface area (TPSA) is 3.24 Å². The van der Waals surface area contributed by atoms with Crippen molar-refractivity contribution >= 4 is 11.6 Å². The van der Waals surface area contributed by atoms with Crippen LogP contribution in [0.15, 0.2) is 24.6 Å². The molecule has 1 aliphatic rings. The van der Waals surface area contributed by atoms with Gasteiger partial charge in [0.15, 0.2) is 0 Å². The predicted octanol–water partition coefficient (Wildman–Crippen LogP) is 1.92. The van der Waals surface area contributed by atoms with Crippen LogP contribution in [0, 0.1) is 0 Å². The van der Waals surface area contributed by atoms with Crippen LogP contribution in [-0.4, -0.2) is 10.9 Å². The summed E-state index contributed by atoms with van der Waals surface area (Å²) in [6.07, 6.45) is 9.14. The average molecular weight is 130 g/mol. The van der Waals surface area contributed by atoms with Crippen molar-refractivity contribution in [2.45, 2.75) is 6.42 Å². The third-order valence-electron chi connectivity index (χ3n) is 1.00. The molecule has 0 atom stereocenters. The van der Waals surface area contributed by atoms with E-state index in [9.17, 15) is 0 Å². The first-order chi connectivity index (χ1) is 3.93. The number of halogens is 1. The van der Waals surface area contributed by atoms with Crippen molar-refractivity contribution in [3.63, 3.8) is 0 Å². The quantitative estimate of drug-likeness (QED) is 0.386. The second kappa shape index (κ2) is 2.78. The first-order valence-corrected chi connectivity index (χ1v) is 3.12. The largest absolute Gasteiger partial charge is 0.341 e. The van der Waals surface area contributed by atoms with E-state index in [-0.39, 0.29) is 0 Å². The Kier molecular flexibility index (Phi) is 1.98. The molecule has 0 bridgehead atoms. The summed E-state index contributed by atoms with van der Waals surface area (Å²) >= 11 is 5.50. The molecule has 0 N–H and O–H groups in total. The number of hydrogen-bond acceptors (Lipinski definition) is 1. The van der Waals surface area contributed by atoms with Gasteiger partial charge in [-0.2, -0.15) is 0 Å². The van der Waals surface area contributed by atoms with E-state index in [1.165, 1.54) is 0 Å². The van der Waals surface area contributed by atoms with Crippen LogP contribution >= 0.6 is 11.6 Å². The van der Waals surface area contributed by atoms with Gasteiger partial charge in [0.25, 0.3) is 0 Å². The van der Waals surface area contributed by atoms with E-state index in [0.29, 0.717) is 6.00 Å². The Hall–Kier alpha value is -0.430. The predicted molar refractivity (Wildman–Crippen MR) is 35.5 cm³/mol. The summed E-state index contributed by atoms with van der Waals surface area (Å²) in [6.45, 7) is 0. The maximum absolute atomic E-state index is 5.50. The van der Waals surface area contributed by atoms with E-state index in [4.69, 9.17) is 11.6 Å². The zero-order chi connectivity index (χ0) is 5.82. The first kappa shape index (κ1) is 5.70. The Morgan fingerprint density at radius 2 is 2.00 bits per heavy atom. The van der Waals surface area contributed by atoms with E-state index < -0.39 is 0 Å². The summed E-state index contributed by atoms with van der Waals surface area (Å²) in [4.78, 5) is 1.92. The van der Waals surface area contributed by atoms with Crippen LogP contribution in [0.25, 0.3) is 0 Å². The SMILES string of the molecule is ClCN1C=CCC=C1. The lowest BCUT2D eigenvalue weighted by atomic mass is 10.3. The molecule has 0 amide bonds. The van der Waals surface area contributed by atoms with Gasteiger partial charge in [-0.3, -0.25) is 0 Å². The van der Waals surface area contributed by atoms with Gasteiger partial charge >= 0.3 is 0 Å². The molecular formula is C6H8ClN. The van der Waals surface area contributed by atoms with Gasteiger partial charge < -0.3 is 4.90 Å². The molecule has 0 unspecified atom stereocenters. The smallest absolute Gasteiger partial charge is 0.0965 e. The highest BCUT2D eigenvalue weighted by molar-refractivity contribution is 6.17. The Morgan fingerprint density at radius 1 is 1.38 bits per heavy atom. The van der Waals surface area contributed by atoms with E-state index in [0.717, 1.165) is 6.42 Å². The standard InChI is InChI=1S/C6H8ClN/c7-6-8-4-2-1-3-5-8/h2-5H,1,6H2. The second-order valence-electron chi connectivity index (χ2n) is 1.64. The lowest BCUT2D eigenvalue weighted by Crippen LogP contribution is -2.07. The number of alkyl halides is 1. The normalized spacial score (nSPS) is 17.4. The third kappa shape index (κ3) is 1.27. The van der Waals surface area contributed by atoms with Crippen molar-refractivity contribution in [2.24, 2.45) is 0 Å². The van der Waals surface area contributed by atoms with Crippen LogP contribution in [-0.2, 0) is 0 Å². The molecule has 0 saturated heterocycles. The van der Waals surface area contributed by atoms with Crippen molar-refractivity contribution in [1.29, 1.82) is 0 Å². The van der Waals surface area contributed by atoms with Gasteiger partial charge in [-0.15, -0.1) is 11.6 Å². The third-order valence-corrected chi connectivity index (χ3v) is 1.28. The highest BCUT2D eigenvalue weighted by Gasteiger charge is 1.90. The molecule has 1 aliphatic heterocycles. The van der Waals surface area contributed by atoms with Gasteiger partial charge in [-0.1, -0.05) is 12.2 Å². The lowest BCUT2D eigenvalue weighted by molar-refractivity contribution is 0.584. The Bertz CT molecular complexity index is 106. The average Bonchev–Trinajstić information content (AvgIpc) is 1.90. The Morgan fingerprint density at radius 3 is 2.38 bits per heavy atom. The molecule has 1 rings (SSSR count). The summed E-state index contributed by atoms with van der Waals surface area (Å²) < 4.78 is 0. The lowest BCUT2D eigenvalue weighted by Gasteiger charge is -2.12. The van der Waals surface area contributed by atoms with Gasteiger partial charge in [0.1, 0.15) is 0 Å². The van der Waals surface area contributed by atoms with Crippen molar-refractivity contribution < 1.29 is 0 Å². The maximum atomic E-state index is 5.50. The van der Waals surface area contributed by atoms with Crippen LogP contribution in [0.2, 0.25) is 0 Å². The number of rotatable bonds is 1. The minimum atomic E-state index is 0.549. The van der Waals surface area contributed by atoms with Gasteiger partial charge in [0.05, 0.1) is 6.00 Å². The molecule has 1 nitrogen and oxygen atoms in total. The summed E-state index contributed by atoms with van der Waals surface area (Å²) in [5, 5.41) is 0. The van der Waals surface area contributed by atoms with E-state index in [2.05, 4.69) is 12.2 Å². The molecule has 0 spiro atoms. The van der Waals surface area contributed by atoms with Gasteiger partial charge in [0, 0.05) is 12.4 Å². The van der Waals surface area contributed by atoms with Crippen molar-refractivity contribution in [3.05, 3.63) is 24.6 Å². The first-order valence-electron chi connectivity index (χ1n) is 2.58. The Balaban J connectivity index is 2.42. The van der Waals surface area contributed by atoms with Gasteiger partial charge in [-0.25, -0.2) is 0 Å². The fourth-order valence-corrected chi connectivity index (χ4v) is 0.760. The molecule has 0 aromatic rings. The zero-order valence-corrected chi connectivity index (χ0v) is 5.30. The molecule has 8 heavy (non-hydrogen) atoms. The van der Waals surface area contributed by atoms with Crippen LogP contribution in [0.3, 0.4) is 0 Å². The summed E-state index contributed by atoms with van der Waals surface area (Å²) in [5.74, 6) is 0. The summed E-state index contributed by atoms with van der Waals surface area (Å²) in [5.41, 5.74) is 0. The molecule has 0 saturated carbocycles. The molecule has 0 radical (unpaired) electrons. The monoisotopic (exact) mass is 129 g/mol. The summed E-state index contributed by atoms with van der Waals surface area (Å²) in [7, 11) is 0. The highest BCUT2D eigenvalue weighted by Crippen LogP contribution is 2.02. The molecule has 0 aromatic heterocycles. The van der Waals surface area contributed by atoms with Gasteiger partial charge in [-0.05, 0) is 6.42 Å². The Labute approximate surface area is 54.2 Å². The van der Waals surface area contributed by atoms with Crippen LogP contribution in [0.5, 0.6) is 0 Å². The second-order valence-corrected chi connectivity index (χ2v) is 1.88. The molecule has 0 aliphatic carbocycles. The highest BCUT2D eigenvalue weighted by atomic mass is 35.5. The van der Waals surface area contributed by atoms with Crippen molar-refractivity contribution in [1.82, 2.24) is 4.90 Å². The van der Waals surface area contributed by atoms with E-state index in [1.807, 2.05) is 17.3 Å². The molecule has 0 fully saturated rings. The fraction of sp³-hybridized carbons (Fsp3) is 0.333. The number of nitrogens with zero attached hydrogens (tertiary/aromatic N) is 1. The van der Waals surface area contributed by atoms with Crippen LogP contribution in [0.4, 0.5) is 0 Å². The minimum absolute atomic E-state index is 0.549. The maximum Gasteiger partial charge on any atom is 0.0965 e. The molecule has 0 aromatic carbocycles.